The van der Waals surface area contributed by atoms with Gasteiger partial charge in [0.1, 0.15) is 18.0 Å². The lowest BCUT2D eigenvalue weighted by Gasteiger charge is -2.47. The van der Waals surface area contributed by atoms with Gasteiger partial charge >= 0.3 is 0 Å². The molecule has 144 valence electrons. The molecular weight excluding hydrogens is 340 g/mol. The first-order chi connectivity index (χ1) is 13.1. The standard InChI is InChI=1S/C22H28N2O3/c1-4-14-24-21(25)17-10-6-8-12-19(17)23-22(24,3)18-11-7-9-13-20(18)27-16-15-26-5-2/h6-13,23H,4-5,14-16H2,1-3H3. The van der Waals surface area contributed by atoms with Gasteiger partial charge in [0.15, 0.2) is 0 Å². The third-order valence-electron chi connectivity index (χ3n) is 4.87. The molecule has 0 fully saturated rings. The largest absolute Gasteiger partial charge is 0.491 e. The molecule has 1 aliphatic heterocycles. The molecule has 2 aromatic carbocycles. The molecule has 1 atom stereocenters. The van der Waals surface area contributed by atoms with Gasteiger partial charge in [0.05, 0.1) is 12.2 Å². The number of para-hydroxylation sites is 2. The Labute approximate surface area is 161 Å². The summed E-state index contributed by atoms with van der Waals surface area (Å²) >= 11 is 0. The SMILES string of the molecule is CCCN1C(=O)c2ccccc2NC1(C)c1ccccc1OCCOCC. The van der Waals surface area contributed by atoms with Crippen LogP contribution in [0.1, 0.15) is 43.1 Å². The van der Waals surface area contributed by atoms with Crippen LogP contribution < -0.4 is 10.1 Å². The molecule has 5 heteroatoms. The van der Waals surface area contributed by atoms with Crippen molar-refractivity contribution in [1.29, 1.82) is 0 Å². The summed E-state index contributed by atoms with van der Waals surface area (Å²) in [6.45, 7) is 8.42. The van der Waals surface area contributed by atoms with E-state index in [1.807, 2.05) is 67.3 Å². The number of fused-ring (bicyclic) bond motifs is 1. The van der Waals surface area contributed by atoms with E-state index in [-0.39, 0.29) is 5.91 Å². The van der Waals surface area contributed by atoms with Gasteiger partial charge in [0.25, 0.3) is 5.91 Å². The van der Waals surface area contributed by atoms with E-state index in [0.717, 1.165) is 23.4 Å². The molecule has 1 N–H and O–H groups in total. The second-order valence-electron chi connectivity index (χ2n) is 6.74. The summed E-state index contributed by atoms with van der Waals surface area (Å²) in [6.07, 6.45) is 0.874. The number of anilines is 1. The lowest BCUT2D eigenvalue weighted by molar-refractivity contribution is 0.0525. The zero-order chi connectivity index (χ0) is 19.3. The van der Waals surface area contributed by atoms with E-state index in [2.05, 4.69) is 12.2 Å². The third kappa shape index (κ3) is 3.78. The van der Waals surface area contributed by atoms with Gasteiger partial charge in [-0.15, -0.1) is 0 Å². The van der Waals surface area contributed by atoms with Crippen molar-refractivity contribution < 1.29 is 14.3 Å². The number of hydrogen-bond donors (Lipinski definition) is 1. The quantitative estimate of drug-likeness (QED) is 0.708. The van der Waals surface area contributed by atoms with Gasteiger partial charge < -0.3 is 19.7 Å². The number of carbonyl (C=O) groups is 1. The molecule has 0 aliphatic carbocycles. The highest BCUT2D eigenvalue weighted by molar-refractivity contribution is 6.02. The van der Waals surface area contributed by atoms with E-state index < -0.39 is 5.66 Å². The minimum atomic E-state index is -0.691. The Kier molecular flexibility index (Phi) is 6.01. The first-order valence-electron chi connectivity index (χ1n) is 9.61. The summed E-state index contributed by atoms with van der Waals surface area (Å²) in [5.74, 6) is 0.804. The highest BCUT2D eigenvalue weighted by Gasteiger charge is 2.43. The molecular formula is C22H28N2O3. The summed E-state index contributed by atoms with van der Waals surface area (Å²) < 4.78 is 11.4. The van der Waals surface area contributed by atoms with E-state index in [4.69, 9.17) is 9.47 Å². The van der Waals surface area contributed by atoms with Crippen molar-refractivity contribution in [2.24, 2.45) is 0 Å². The second kappa shape index (κ2) is 8.44. The van der Waals surface area contributed by atoms with Crippen LogP contribution in [0.4, 0.5) is 5.69 Å². The second-order valence-corrected chi connectivity index (χ2v) is 6.74. The molecule has 0 bridgehead atoms. The van der Waals surface area contributed by atoms with Gasteiger partial charge in [-0.1, -0.05) is 37.3 Å². The lowest BCUT2D eigenvalue weighted by atomic mass is 9.92. The molecule has 1 amide bonds. The summed E-state index contributed by atoms with van der Waals surface area (Å²) in [7, 11) is 0. The Morgan fingerprint density at radius 3 is 2.56 bits per heavy atom. The van der Waals surface area contributed by atoms with Crippen LogP contribution in [0.5, 0.6) is 5.75 Å². The highest BCUT2D eigenvalue weighted by atomic mass is 16.5. The maximum Gasteiger partial charge on any atom is 0.258 e. The van der Waals surface area contributed by atoms with Gasteiger partial charge in [-0.2, -0.15) is 0 Å². The zero-order valence-corrected chi connectivity index (χ0v) is 16.3. The smallest absolute Gasteiger partial charge is 0.258 e. The molecule has 0 saturated carbocycles. The van der Waals surface area contributed by atoms with Crippen LogP contribution >= 0.6 is 0 Å². The van der Waals surface area contributed by atoms with Crippen molar-refractivity contribution in [3.63, 3.8) is 0 Å². The van der Waals surface area contributed by atoms with E-state index in [1.54, 1.807) is 0 Å². The fourth-order valence-electron chi connectivity index (χ4n) is 3.57. The van der Waals surface area contributed by atoms with E-state index in [1.165, 1.54) is 0 Å². The van der Waals surface area contributed by atoms with Crippen molar-refractivity contribution in [2.75, 3.05) is 31.7 Å². The molecule has 0 radical (unpaired) electrons. The summed E-state index contributed by atoms with van der Waals surface area (Å²) in [6, 6.07) is 15.6. The fraction of sp³-hybridized carbons (Fsp3) is 0.409. The average Bonchev–Trinajstić information content (AvgIpc) is 2.69. The summed E-state index contributed by atoms with van der Waals surface area (Å²) in [5, 5.41) is 3.59. The molecule has 3 rings (SSSR count). The topological polar surface area (TPSA) is 50.8 Å². The maximum atomic E-state index is 13.2. The Morgan fingerprint density at radius 2 is 1.78 bits per heavy atom. The van der Waals surface area contributed by atoms with Crippen LogP contribution in [0.25, 0.3) is 0 Å². The predicted octanol–water partition coefficient (Wildman–Crippen LogP) is 4.25. The highest BCUT2D eigenvalue weighted by Crippen LogP contribution is 2.41. The third-order valence-corrected chi connectivity index (χ3v) is 4.87. The number of amides is 1. The number of nitrogens with zero attached hydrogens (tertiary/aromatic N) is 1. The molecule has 1 unspecified atom stereocenters. The minimum Gasteiger partial charge on any atom is -0.491 e. The van der Waals surface area contributed by atoms with Crippen molar-refractivity contribution in [3.05, 3.63) is 59.7 Å². The summed E-state index contributed by atoms with van der Waals surface area (Å²) in [5.41, 5.74) is 1.81. The lowest BCUT2D eigenvalue weighted by Crippen LogP contribution is -2.56. The number of nitrogens with one attached hydrogen (secondary N) is 1. The van der Waals surface area contributed by atoms with Gasteiger partial charge in [0, 0.05) is 24.4 Å². The van der Waals surface area contributed by atoms with Crippen molar-refractivity contribution in [3.8, 4) is 5.75 Å². The van der Waals surface area contributed by atoms with Crippen molar-refractivity contribution in [1.82, 2.24) is 4.90 Å². The van der Waals surface area contributed by atoms with Gasteiger partial charge in [0.2, 0.25) is 0 Å². The minimum absolute atomic E-state index is 0.0396. The summed E-state index contributed by atoms with van der Waals surface area (Å²) in [4.78, 5) is 15.1. The molecule has 1 heterocycles. The normalized spacial score (nSPS) is 18.8. The van der Waals surface area contributed by atoms with Crippen LogP contribution in [0.15, 0.2) is 48.5 Å². The number of hydrogen-bond acceptors (Lipinski definition) is 4. The molecule has 0 aromatic heterocycles. The molecule has 0 spiro atoms. The zero-order valence-electron chi connectivity index (χ0n) is 16.3. The molecule has 5 nitrogen and oxygen atoms in total. The Hall–Kier alpha value is -2.53. The number of carbonyl (C=O) groups excluding carboxylic acids is 1. The number of ether oxygens (including phenoxy) is 2. The first-order valence-corrected chi connectivity index (χ1v) is 9.61. The molecule has 0 saturated heterocycles. The van der Waals surface area contributed by atoms with Crippen LogP contribution in [0.3, 0.4) is 0 Å². The number of benzene rings is 2. The van der Waals surface area contributed by atoms with Crippen LogP contribution in [-0.4, -0.2) is 37.2 Å². The van der Waals surface area contributed by atoms with Crippen LogP contribution in [0.2, 0.25) is 0 Å². The Balaban J connectivity index is 1.99. The van der Waals surface area contributed by atoms with E-state index in [9.17, 15) is 4.79 Å². The molecule has 1 aliphatic rings. The van der Waals surface area contributed by atoms with Gasteiger partial charge in [-0.25, -0.2) is 0 Å². The van der Waals surface area contributed by atoms with Gasteiger partial charge in [-0.05, 0) is 38.5 Å². The van der Waals surface area contributed by atoms with Crippen molar-refractivity contribution in [2.45, 2.75) is 32.9 Å². The average molecular weight is 368 g/mol. The van der Waals surface area contributed by atoms with Gasteiger partial charge in [-0.3, -0.25) is 4.79 Å². The molecule has 2 aromatic rings. The van der Waals surface area contributed by atoms with Crippen LogP contribution in [0, 0.1) is 0 Å². The Bertz CT molecular complexity index is 793. The predicted molar refractivity (Wildman–Crippen MR) is 107 cm³/mol. The number of rotatable bonds is 8. The van der Waals surface area contributed by atoms with E-state index in [0.29, 0.717) is 31.9 Å². The monoisotopic (exact) mass is 368 g/mol. The first kappa shape index (κ1) is 19.2. The van der Waals surface area contributed by atoms with Crippen LogP contribution in [-0.2, 0) is 10.4 Å². The fourth-order valence-corrected chi connectivity index (χ4v) is 3.57. The Morgan fingerprint density at radius 1 is 1.04 bits per heavy atom. The van der Waals surface area contributed by atoms with E-state index >= 15 is 0 Å². The maximum absolute atomic E-state index is 13.2. The molecule has 27 heavy (non-hydrogen) atoms. The van der Waals surface area contributed by atoms with Crippen molar-refractivity contribution >= 4 is 11.6 Å².